The van der Waals surface area contributed by atoms with Gasteiger partial charge in [-0.25, -0.2) is 0 Å². The fraction of sp³-hybridized carbons (Fsp3) is 0.455. The molecule has 1 rings (SSSR count). The molecule has 2 unspecified atom stereocenters. The van der Waals surface area contributed by atoms with Gasteiger partial charge in [0.1, 0.15) is 5.76 Å². The van der Waals surface area contributed by atoms with Gasteiger partial charge < -0.3 is 20.7 Å². The normalized spacial score (nSPS) is 15.3. The number of amidine groups is 1. The Morgan fingerprint density at radius 3 is 2.88 bits per heavy atom. The maximum Gasteiger partial charge on any atom is 0.230 e. The molecule has 6 heteroatoms. The molecule has 1 amide bonds. The van der Waals surface area contributed by atoms with Crippen molar-refractivity contribution in [1.82, 2.24) is 5.32 Å². The molecule has 0 aromatic carbocycles. The number of amides is 1. The number of carbonyl (C=O) groups is 1. The van der Waals surface area contributed by atoms with Gasteiger partial charge in [0.2, 0.25) is 5.91 Å². The summed E-state index contributed by atoms with van der Waals surface area (Å²) in [6, 6.07) is 3.56. The second-order valence-electron chi connectivity index (χ2n) is 3.94. The lowest BCUT2D eigenvalue weighted by molar-refractivity contribution is -0.123. The third-order valence-electron chi connectivity index (χ3n) is 2.43. The number of hydrogen-bond donors (Lipinski definition) is 3. The van der Waals surface area contributed by atoms with E-state index in [4.69, 9.17) is 15.4 Å². The molecular formula is C11H17N3O3. The van der Waals surface area contributed by atoms with E-state index in [-0.39, 0.29) is 17.8 Å². The van der Waals surface area contributed by atoms with E-state index in [9.17, 15) is 4.79 Å². The van der Waals surface area contributed by atoms with Gasteiger partial charge in [0.05, 0.1) is 12.2 Å². The Kier molecular flexibility index (Phi) is 4.56. The summed E-state index contributed by atoms with van der Waals surface area (Å²) >= 11 is 0. The number of oxime groups is 1. The average Bonchev–Trinajstić information content (AvgIpc) is 2.79. The zero-order valence-corrected chi connectivity index (χ0v) is 9.88. The Morgan fingerprint density at radius 2 is 2.35 bits per heavy atom. The number of nitrogens with one attached hydrogen (secondary N) is 1. The standard InChI is InChI=1S/C11H17N3O3/c1-7(6-9-4-3-5-17-9)13-11(15)8(2)10(12)14-16/h3-5,7-8,16H,6H2,1-2H3,(H2,12,14)(H,13,15). The Morgan fingerprint density at radius 1 is 1.65 bits per heavy atom. The first-order valence-corrected chi connectivity index (χ1v) is 5.34. The number of carbonyl (C=O) groups excluding carboxylic acids is 1. The third kappa shape index (κ3) is 3.82. The van der Waals surface area contributed by atoms with Crippen LogP contribution in [0.2, 0.25) is 0 Å². The van der Waals surface area contributed by atoms with E-state index in [1.165, 1.54) is 0 Å². The highest BCUT2D eigenvalue weighted by atomic mass is 16.4. The highest BCUT2D eigenvalue weighted by Crippen LogP contribution is 2.05. The number of hydrogen-bond acceptors (Lipinski definition) is 4. The van der Waals surface area contributed by atoms with Crippen molar-refractivity contribution < 1.29 is 14.4 Å². The van der Waals surface area contributed by atoms with Crippen LogP contribution in [0.15, 0.2) is 28.0 Å². The molecule has 0 bridgehead atoms. The van der Waals surface area contributed by atoms with Crippen LogP contribution in [0, 0.1) is 5.92 Å². The molecule has 1 aromatic heterocycles. The summed E-state index contributed by atoms with van der Waals surface area (Å²) in [7, 11) is 0. The molecule has 1 aromatic rings. The lowest BCUT2D eigenvalue weighted by Crippen LogP contribution is -2.42. The van der Waals surface area contributed by atoms with E-state index >= 15 is 0 Å². The Labute approximate surface area is 99.5 Å². The molecule has 0 spiro atoms. The summed E-state index contributed by atoms with van der Waals surface area (Å²) in [6.07, 6.45) is 2.19. The van der Waals surface area contributed by atoms with Crippen molar-refractivity contribution in [3.05, 3.63) is 24.2 Å². The van der Waals surface area contributed by atoms with Crippen molar-refractivity contribution in [1.29, 1.82) is 0 Å². The molecule has 0 saturated carbocycles. The second-order valence-corrected chi connectivity index (χ2v) is 3.94. The largest absolute Gasteiger partial charge is 0.469 e. The highest BCUT2D eigenvalue weighted by molar-refractivity contribution is 6.01. The van der Waals surface area contributed by atoms with Gasteiger partial charge >= 0.3 is 0 Å². The van der Waals surface area contributed by atoms with Crippen LogP contribution in [-0.2, 0) is 11.2 Å². The summed E-state index contributed by atoms with van der Waals surface area (Å²) < 4.78 is 5.18. The molecule has 6 nitrogen and oxygen atoms in total. The minimum atomic E-state index is -0.654. The minimum Gasteiger partial charge on any atom is -0.469 e. The first kappa shape index (κ1) is 13.1. The van der Waals surface area contributed by atoms with E-state index < -0.39 is 5.92 Å². The molecule has 0 aliphatic heterocycles. The molecule has 2 atom stereocenters. The van der Waals surface area contributed by atoms with E-state index in [1.807, 2.05) is 13.0 Å². The molecule has 4 N–H and O–H groups in total. The third-order valence-corrected chi connectivity index (χ3v) is 2.43. The Hall–Kier alpha value is -1.98. The Bertz CT molecular complexity index is 387. The zero-order valence-electron chi connectivity index (χ0n) is 9.88. The van der Waals surface area contributed by atoms with Gasteiger partial charge in [-0.05, 0) is 26.0 Å². The van der Waals surface area contributed by atoms with Gasteiger partial charge in [0.15, 0.2) is 5.84 Å². The number of rotatable bonds is 5. The summed E-state index contributed by atoms with van der Waals surface area (Å²) in [5.41, 5.74) is 5.35. The predicted octanol–water partition coefficient (Wildman–Crippen LogP) is 0.709. The topological polar surface area (TPSA) is 101 Å². The first-order valence-electron chi connectivity index (χ1n) is 5.34. The van der Waals surface area contributed by atoms with Crippen LogP contribution in [0.3, 0.4) is 0 Å². The van der Waals surface area contributed by atoms with Crippen LogP contribution < -0.4 is 11.1 Å². The molecular weight excluding hydrogens is 222 g/mol. The molecule has 0 radical (unpaired) electrons. The molecule has 17 heavy (non-hydrogen) atoms. The zero-order chi connectivity index (χ0) is 12.8. The molecule has 0 aliphatic carbocycles. The van der Waals surface area contributed by atoms with Crippen molar-refractivity contribution in [3.63, 3.8) is 0 Å². The maximum absolute atomic E-state index is 11.7. The number of nitrogens with two attached hydrogens (primary N) is 1. The molecule has 0 aliphatic rings. The summed E-state index contributed by atoms with van der Waals surface area (Å²) in [6.45, 7) is 3.43. The van der Waals surface area contributed by atoms with Crippen LogP contribution in [-0.4, -0.2) is 23.0 Å². The van der Waals surface area contributed by atoms with E-state index in [2.05, 4.69) is 10.5 Å². The lowest BCUT2D eigenvalue weighted by atomic mass is 10.1. The van der Waals surface area contributed by atoms with Crippen molar-refractivity contribution in [2.45, 2.75) is 26.3 Å². The molecule has 0 saturated heterocycles. The van der Waals surface area contributed by atoms with Crippen LogP contribution in [0.25, 0.3) is 0 Å². The highest BCUT2D eigenvalue weighted by Gasteiger charge is 2.19. The summed E-state index contributed by atoms with van der Waals surface area (Å²) in [5.74, 6) is -0.236. The van der Waals surface area contributed by atoms with Gasteiger partial charge in [-0.15, -0.1) is 0 Å². The number of furan rings is 1. The van der Waals surface area contributed by atoms with Gasteiger partial charge in [-0.3, -0.25) is 4.79 Å². The van der Waals surface area contributed by atoms with Crippen LogP contribution in [0.4, 0.5) is 0 Å². The van der Waals surface area contributed by atoms with E-state index in [0.717, 1.165) is 5.76 Å². The smallest absolute Gasteiger partial charge is 0.230 e. The maximum atomic E-state index is 11.7. The van der Waals surface area contributed by atoms with Gasteiger partial charge in [0, 0.05) is 12.5 Å². The minimum absolute atomic E-state index is 0.0809. The van der Waals surface area contributed by atoms with Crippen molar-refractivity contribution in [3.8, 4) is 0 Å². The molecule has 1 heterocycles. The monoisotopic (exact) mass is 239 g/mol. The average molecular weight is 239 g/mol. The predicted molar refractivity (Wildman–Crippen MR) is 62.6 cm³/mol. The van der Waals surface area contributed by atoms with Crippen LogP contribution >= 0.6 is 0 Å². The SMILES string of the molecule is CC(Cc1ccco1)NC(=O)C(C)C(N)=NO. The van der Waals surface area contributed by atoms with Gasteiger partial charge in [-0.2, -0.15) is 0 Å². The fourth-order valence-corrected chi connectivity index (χ4v) is 1.37. The summed E-state index contributed by atoms with van der Waals surface area (Å²) in [5, 5.41) is 14.0. The summed E-state index contributed by atoms with van der Waals surface area (Å²) in [4.78, 5) is 11.7. The van der Waals surface area contributed by atoms with Crippen molar-refractivity contribution >= 4 is 11.7 Å². The van der Waals surface area contributed by atoms with E-state index in [1.54, 1.807) is 19.3 Å². The van der Waals surface area contributed by atoms with E-state index in [0.29, 0.717) is 6.42 Å². The second kappa shape index (κ2) is 5.93. The van der Waals surface area contributed by atoms with Crippen molar-refractivity contribution in [2.24, 2.45) is 16.8 Å². The number of nitrogens with zero attached hydrogens (tertiary/aromatic N) is 1. The first-order chi connectivity index (χ1) is 8.04. The molecule has 0 fully saturated rings. The van der Waals surface area contributed by atoms with Gasteiger partial charge in [0.25, 0.3) is 0 Å². The van der Waals surface area contributed by atoms with Crippen molar-refractivity contribution in [2.75, 3.05) is 0 Å². The lowest BCUT2D eigenvalue weighted by Gasteiger charge is -2.15. The molecule has 94 valence electrons. The van der Waals surface area contributed by atoms with Crippen LogP contribution in [0.1, 0.15) is 19.6 Å². The fourth-order valence-electron chi connectivity index (χ4n) is 1.37. The van der Waals surface area contributed by atoms with Crippen LogP contribution in [0.5, 0.6) is 0 Å². The van der Waals surface area contributed by atoms with Gasteiger partial charge in [-0.1, -0.05) is 5.16 Å². The Balaban J connectivity index is 2.46. The quantitative estimate of drug-likeness (QED) is 0.305.